The lowest BCUT2D eigenvalue weighted by molar-refractivity contribution is -0.125. The van der Waals surface area contributed by atoms with Crippen LogP contribution in [0.1, 0.15) is 19.3 Å². The van der Waals surface area contributed by atoms with E-state index in [0.717, 1.165) is 6.54 Å². The number of rotatable bonds is 6. The van der Waals surface area contributed by atoms with E-state index in [4.69, 9.17) is 10.5 Å². The Morgan fingerprint density at radius 3 is 3.07 bits per heavy atom. The molecule has 1 aliphatic rings. The molecule has 1 amide bonds. The van der Waals surface area contributed by atoms with Gasteiger partial charge in [-0.3, -0.25) is 4.79 Å². The van der Waals surface area contributed by atoms with Crippen molar-refractivity contribution in [3.63, 3.8) is 0 Å². The highest BCUT2D eigenvalue weighted by molar-refractivity contribution is 7.99. The van der Waals surface area contributed by atoms with Crippen LogP contribution in [0.3, 0.4) is 0 Å². The summed E-state index contributed by atoms with van der Waals surface area (Å²) < 4.78 is 5.04. The second-order valence-electron chi connectivity index (χ2n) is 3.63. The molecule has 4 nitrogen and oxygen atoms in total. The van der Waals surface area contributed by atoms with Crippen LogP contribution in [0.4, 0.5) is 0 Å². The smallest absolute Gasteiger partial charge is 0.246 e. The maximum Gasteiger partial charge on any atom is 0.246 e. The molecule has 0 aromatic heterocycles. The van der Waals surface area contributed by atoms with E-state index in [0.29, 0.717) is 18.4 Å². The van der Waals surface area contributed by atoms with Crippen LogP contribution in [0.15, 0.2) is 0 Å². The molecule has 1 heterocycles. The molecule has 0 aliphatic carbocycles. The summed E-state index contributed by atoms with van der Waals surface area (Å²) >= 11 is 1.96. The minimum atomic E-state index is -0.0328. The average Bonchev–Trinajstić information content (AvgIpc) is 2.28. The van der Waals surface area contributed by atoms with E-state index in [9.17, 15) is 4.79 Å². The monoisotopic (exact) mass is 232 g/mol. The minimum absolute atomic E-state index is 0.0328. The molecule has 1 fully saturated rings. The summed E-state index contributed by atoms with van der Waals surface area (Å²) in [7, 11) is 0. The summed E-state index contributed by atoms with van der Waals surface area (Å²) in [4.78, 5) is 11.3. The van der Waals surface area contributed by atoms with Gasteiger partial charge in [0.2, 0.25) is 5.91 Å². The fraction of sp³-hybridized carbons (Fsp3) is 0.900. The first-order chi connectivity index (χ1) is 7.33. The van der Waals surface area contributed by atoms with Gasteiger partial charge in [0.1, 0.15) is 6.61 Å². The lowest BCUT2D eigenvalue weighted by Crippen LogP contribution is -2.34. The molecule has 1 saturated heterocycles. The Balaban J connectivity index is 2.00. The van der Waals surface area contributed by atoms with E-state index in [-0.39, 0.29) is 12.5 Å². The number of amides is 1. The topological polar surface area (TPSA) is 64.3 Å². The normalized spacial score (nSPS) is 21.3. The molecule has 0 bridgehead atoms. The number of ether oxygens (including phenoxy) is 1. The van der Waals surface area contributed by atoms with Gasteiger partial charge in [-0.25, -0.2) is 0 Å². The van der Waals surface area contributed by atoms with Crippen LogP contribution in [0.25, 0.3) is 0 Å². The number of hydrogen-bond acceptors (Lipinski definition) is 4. The Morgan fingerprint density at radius 1 is 1.53 bits per heavy atom. The van der Waals surface area contributed by atoms with Gasteiger partial charge in [0.05, 0.1) is 6.61 Å². The second-order valence-corrected chi connectivity index (χ2v) is 5.04. The van der Waals surface area contributed by atoms with E-state index in [2.05, 4.69) is 5.32 Å². The van der Waals surface area contributed by atoms with Crippen LogP contribution in [0.5, 0.6) is 0 Å². The molecule has 88 valence electrons. The van der Waals surface area contributed by atoms with E-state index in [1.54, 1.807) is 0 Å². The lowest BCUT2D eigenvalue weighted by Gasteiger charge is -2.21. The third-order valence-corrected chi connectivity index (χ3v) is 3.69. The molecule has 1 unspecified atom stereocenters. The Kier molecular flexibility index (Phi) is 6.80. The van der Waals surface area contributed by atoms with Crippen LogP contribution < -0.4 is 11.1 Å². The van der Waals surface area contributed by atoms with E-state index < -0.39 is 0 Å². The predicted octanol–water partition coefficient (Wildman–Crippen LogP) is 0.364. The number of nitrogens with one attached hydrogen (secondary N) is 1. The van der Waals surface area contributed by atoms with Gasteiger partial charge in [-0.15, -0.1) is 0 Å². The first kappa shape index (κ1) is 12.8. The van der Waals surface area contributed by atoms with Gasteiger partial charge in [-0.1, -0.05) is 6.42 Å². The number of thioether (sulfide) groups is 1. The van der Waals surface area contributed by atoms with Crippen LogP contribution in [0, 0.1) is 0 Å². The Morgan fingerprint density at radius 2 is 2.40 bits per heavy atom. The first-order valence-corrected chi connectivity index (χ1v) is 6.54. The number of carbonyl (C=O) groups is 1. The SMILES string of the molecule is NCCOCC(=O)NCC1CCCCS1. The zero-order chi connectivity index (χ0) is 10.9. The van der Waals surface area contributed by atoms with Crippen molar-refractivity contribution in [2.75, 3.05) is 32.1 Å². The van der Waals surface area contributed by atoms with Crippen LogP contribution in [-0.2, 0) is 9.53 Å². The first-order valence-electron chi connectivity index (χ1n) is 5.49. The van der Waals surface area contributed by atoms with Gasteiger partial charge in [0.25, 0.3) is 0 Å². The van der Waals surface area contributed by atoms with Gasteiger partial charge in [-0.2, -0.15) is 11.8 Å². The van der Waals surface area contributed by atoms with Crippen LogP contribution in [-0.4, -0.2) is 43.2 Å². The van der Waals surface area contributed by atoms with Gasteiger partial charge in [-0.05, 0) is 18.6 Å². The zero-order valence-electron chi connectivity index (χ0n) is 9.04. The van der Waals surface area contributed by atoms with Gasteiger partial charge in [0, 0.05) is 18.3 Å². The van der Waals surface area contributed by atoms with Crippen molar-refractivity contribution in [2.45, 2.75) is 24.5 Å². The second kappa shape index (κ2) is 7.96. The third kappa shape index (κ3) is 6.02. The molecule has 0 radical (unpaired) electrons. The number of carbonyl (C=O) groups excluding carboxylic acids is 1. The highest BCUT2D eigenvalue weighted by atomic mass is 32.2. The Hall–Kier alpha value is -0.260. The summed E-state index contributed by atoms with van der Waals surface area (Å²) in [6.45, 7) is 1.82. The molecule has 0 aromatic rings. The standard InChI is InChI=1S/C10H20N2O2S/c11-4-5-14-8-10(13)12-7-9-3-1-2-6-15-9/h9H,1-8,11H2,(H,12,13). The number of nitrogens with two attached hydrogens (primary N) is 1. The van der Waals surface area contributed by atoms with Crippen molar-refractivity contribution in [3.8, 4) is 0 Å². The fourth-order valence-corrected chi connectivity index (χ4v) is 2.73. The van der Waals surface area contributed by atoms with Crippen LogP contribution >= 0.6 is 11.8 Å². The van der Waals surface area contributed by atoms with Crippen molar-refractivity contribution >= 4 is 17.7 Å². The summed E-state index contributed by atoms with van der Waals surface area (Å²) in [5.74, 6) is 1.19. The maximum absolute atomic E-state index is 11.3. The largest absolute Gasteiger partial charge is 0.370 e. The minimum Gasteiger partial charge on any atom is -0.370 e. The highest BCUT2D eigenvalue weighted by Crippen LogP contribution is 2.24. The molecule has 0 spiro atoms. The molecule has 1 aliphatic heterocycles. The molecular formula is C10H20N2O2S. The van der Waals surface area contributed by atoms with Crippen molar-refractivity contribution in [1.82, 2.24) is 5.32 Å². The van der Waals surface area contributed by atoms with Gasteiger partial charge < -0.3 is 15.8 Å². The lowest BCUT2D eigenvalue weighted by atomic mass is 10.2. The summed E-state index contributed by atoms with van der Waals surface area (Å²) in [6.07, 6.45) is 3.82. The summed E-state index contributed by atoms with van der Waals surface area (Å²) in [6, 6.07) is 0. The fourth-order valence-electron chi connectivity index (χ4n) is 1.50. The molecule has 3 N–H and O–H groups in total. The number of hydrogen-bond donors (Lipinski definition) is 2. The average molecular weight is 232 g/mol. The van der Waals surface area contributed by atoms with E-state index in [1.165, 1.54) is 25.0 Å². The predicted molar refractivity (Wildman–Crippen MR) is 63.0 cm³/mol. The zero-order valence-corrected chi connectivity index (χ0v) is 9.85. The van der Waals surface area contributed by atoms with Gasteiger partial charge in [0.15, 0.2) is 0 Å². The Labute approximate surface area is 95.3 Å². The van der Waals surface area contributed by atoms with Gasteiger partial charge >= 0.3 is 0 Å². The molecule has 15 heavy (non-hydrogen) atoms. The third-order valence-electron chi connectivity index (χ3n) is 2.30. The molecule has 0 aromatic carbocycles. The van der Waals surface area contributed by atoms with Crippen molar-refractivity contribution in [3.05, 3.63) is 0 Å². The Bertz CT molecular complexity index is 184. The van der Waals surface area contributed by atoms with Crippen molar-refractivity contribution in [2.24, 2.45) is 5.73 Å². The van der Waals surface area contributed by atoms with Crippen molar-refractivity contribution < 1.29 is 9.53 Å². The molecule has 0 saturated carbocycles. The molecule has 1 rings (SSSR count). The molecule has 5 heteroatoms. The summed E-state index contributed by atoms with van der Waals surface area (Å²) in [5, 5.41) is 3.48. The van der Waals surface area contributed by atoms with Crippen LogP contribution in [0.2, 0.25) is 0 Å². The maximum atomic E-state index is 11.3. The molecule has 1 atom stereocenters. The highest BCUT2D eigenvalue weighted by Gasteiger charge is 2.14. The van der Waals surface area contributed by atoms with Crippen molar-refractivity contribution in [1.29, 1.82) is 0 Å². The summed E-state index contributed by atoms with van der Waals surface area (Å²) in [5.41, 5.74) is 5.25. The van der Waals surface area contributed by atoms with E-state index >= 15 is 0 Å². The van der Waals surface area contributed by atoms with E-state index in [1.807, 2.05) is 11.8 Å². The molecular weight excluding hydrogens is 212 g/mol. The quantitative estimate of drug-likeness (QED) is 0.649.